The highest BCUT2D eigenvalue weighted by molar-refractivity contribution is 6.47. The minimum Gasteiger partial charge on any atom is -0.1000 e. The van der Waals surface area contributed by atoms with Crippen molar-refractivity contribution in [3.63, 3.8) is 0 Å². The van der Waals surface area contributed by atoms with Gasteiger partial charge in [-0.05, 0) is 12.1 Å². The topological polar surface area (TPSA) is 0 Å². The normalized spacial score (nSPS) is 10.6. The van der Waals surface area contributed by atoms with Gasteiger partial charge in [-0.3, -0.25) is 0 Å². The van der Waals surface area contributed by atoms with E-state index in [4.69, 9.17) is 46.4 Å². The monoisotopic (exact) mass is 227 g/mol. The zero-order valence-electron chi connectivity index (χ0n) is 5.24. The van der Waals surface area contributed by atoms with Gasteiger partial charge in [0.25, 0.3) is 0 Å². The van der Waals surface area contributed by atoms with Crippen molar-refractivity contribution in [1.82, 2.24) is 0 Å². The fraction of sp³-hybridized carbons (Fsp3) is 0.143. The van der Waals surface area contributed by atoms with E-state index in [1.165, 1.54) is 0 Å². The van der Waals surface area contributed by atoms with Crippen LogP contribution in [0.1, 0.15) is 10.4 Å². The second-order valence-electron chi connectivity index (χ2n) is 1.85. The molecule has 0 saturated heterocycles. The maximum Gasteiger partial charge on any atom is 0.134 e. The van der Waals surface area contributed by atoms with Gasteiger partial charge in [0.1, 0.15) is 4.84 Å². The van der Waals surface area contributed by atoms with Gasteiger partial charge in [0.05, 0.1) is 10.0 Å². The highest BCUT2D eigenvalue weighted by Gasteiger charge is 2.10. The number of halogens is 4. The second-order valence-corrected chi connectivity index (χ2v) is 3.74. The molecular formula is C7H3Cl4. The van der Waals surface area contributed by atoms with Crippen LogP contribution in [0.3, 0.4) is 0 Å². The Morgan fingerprint density at radius 1 is 1.27 bits per heavy atom. The Morgan fingerprint density at radius 3 is 2.36 bits per heavy atom. The summed E-state index contributed by atoms with van der Waals surface area (Å²) in [6.45, 7) is 0. The van der Waals surface area contributed by atoms with E-state index < -0.39 is 4.84 Å². The quantitative estimate of drug-likeness (QED) is 0.630. The Labute approximate surface area is 85.0 Å². The van der Waals surface area contributed by atoms with Crippen molar-refractivity contribution < 1.29 is 0 Å². The van der Waals surface area contributed by atoms with E-state index in [1.54, 1.807) is 12.1 Å². The van der Waals surface area contributed by atoms with Crippen LogP contribution >= 0.6 is 46.4 Å². The van der Waals surface area contributed by atoms with Crippen LogP contribution in [0.15, 0.2) is 12.1 Å². The summed E-state index contributed by atoms with van der Waals surface area (Å²) >= 11 is 22.6. The van der Waals surface area contributed by atoms with Crippen LogP contribution in [-0.2, 0) is 0 Å². The summed E-state index contributed by atoms with van der Waals surface area (Å²) in [5.41, 5.74) is 0.516. The SMILES string of the molecule is Clc1cc[c]c(C(Cl)Cl)c1Cl. The lowest BCUT2D eigenvalue weighted by Crippen LogP contribution is -1.83. The molecule has 0 atom stereocenters. The van der Waals surface area contributed by atoms with Crippen LogP contribution in [-0.4, -0.2) is 0 Å². The highest BCUT2D eigenvalue weighted by atomic mass is 35.5. The van der Waals surface area contributed by atoms with Crippen LogP contribution in [0.4, 0.5) is 0 Å². The molecule has 0 unspecified atom stereocenters. The Bertz CT molecular complexity index is 257. The minimum absolute atomic E-state index is 0.365. The van der Waals surface area contributed by atoms with Crippen molar-refractivity contribution in [2.24, 2.45) is 0 Å². The van der Waals surface area contributed by atoms with Gasteiger partial charge < -0.3 is 0 Å². The van der Waals surface area contributed by atoms with E-state index in [1.807, 2.05) is 0 Å². The molecule has 1 aromatic rings. The molecule has 0 heterocycles. The Morgan fingerprint density at radius 2 is 1.91 bits per heavy atom. The standard InChI is InChI=1S/C7H3Cl4/c8-5-3-1-2-4(6(5)9)7(10)11/h1,3,7H. The number of alkyl halides is 2. The molecule has 0 bridgehead atoms. The van der Waals surface area contributed by atoms with Crippen LogP contribution < -0.4 is 0 Å². The fourth-order valence-electron chi connectivity index (χ4n) is 0.629. The maximum atomic E-state index is 5.76. The third-order valence-corrected chi connectivity index (χ3v) is 2.39. The van der Waals surface area contributed by atoms with Crippen LogP contribution in [0.2, 0.25) is 10.0 Å². The van der Waals surface area contributed by atoms with Gasteiger partial charge in [-0.25, -0.2) is 0 Å². The molecule has 1 aromatic carbocycles. The molecular weight excluding hydrogens is 226 g/mol. The van der Waals surface area contributed by atoms with Crippen LogP contribution in [0, 0.1) is 6.07 Å². The molecule has 0 amide bonds. The summed E-state index contributed by atoms with van der Waals surface area (Å²) in [6.07, 6.45) is 0. The molecule has 1 rings (SSSR count). The summed E-state index contributed by atoms with van der Waals surface area (Å²) in [5.74, 6) is 0. The molecule has 0 saturated carbocycles. The van der Waals surface area contributed by atoms with Gasteiger partial charge in [0.15, 0.2) is 0 Å². The van der Waals surface area contributed by atoms with Crippen molar-refractivity contribution in [2.45, 2.75) is 4.84 Å². The van der Waals surface area contributed by atoms with Gasteiger partial charge in [0.2, 0.25) is 0 Å². The lowest BCUT2D eigenvalue weighted by atomic mass is 10.2. The van der Waals surface area contributed by atoms with E-state index in [0.29, 0.717) is 15.6 Å². The first-order valence-corrected chi connectivity index (χ1v) is 4.39. The van der Waals surface area contributed by atoms with E-state index in [9.17, 15) is 0 Å². The summed E-state index contributed by atoms with van der Waals surface area (Å²) in [7, 11) is 0. The van der Waals surface area contributed by atoms with Crippen LogP contribution in [0.5, 0.6) is 0 Å². The molecule has 0 aliphatic rings. The Kier molecular flexibility index (Phi) is 3.32. The molecule has 0 nitrogen and oxygen atoms in total. The summed E-state index contributed by atoms with van der Waals surface area (Å²) in [6, 6.07) is 6.05. The van der Waals surface area contributed by atoms with Crippen molar-refractivity contribution in [1.29, 1.82) is 0 Å². The first kappa shape index (κ1) is 9.47. The van der Waals surface area contributed by atoms with Gasteiger partial charge in [-0.1, -0.05) is 52.5 Å². The van der Waals surface area contributed by atoms with Crippen LogP contribution in [0.25, 0.3) is 0 Å². The average Bonchev–Trinajstić information content (AvgIpc) is 1.94. The predicted molar refractivity (Wildman–Crippen MR) is 49.7 cm³/mol. The van der Waals surface area contributed by atoms with Crippen molar-refractivity contribution in [3.8, 4) is 0 Å². The zero-order valence-corrected chi connectivity index (χ0v) is 8.27. The molecule has 0 aliphatic heterocycles. The van der Waals surface area contributed by atoms with Gasteiger partial charge in [0, 0.05) is 5.56 Å². The third kappa shape index (κ3) is 2.16. The van der Waals surface area contributed by atoms with Crippen molar-refractivity contribution >= 4 is 46.4 Å². The smallest absolute Gasteiger partial charge is 0.1000 e. The van der Waals surface area contributed by atoms with Gasteiger partial charge in [-0.2, -0.15) is 0 Å². The molecule has 0 fully saturated rings. The first-order valence-electron chi connectivity index (χ1n) is 2.76. The molecule has 4 heteroatoms. The van der Waals surface area contributed by atoms with E-state index in [-0.39, 0.29) is 0 Å². The molecule has 0 aromatic heterocycles. The number of benzene rings is 1. The van der Waals surface area contributed by atoms with Gasteiger partial charge in [-0.15, -0.1) is 0 Å². The Hall–Kier alpha value is 0.380. The molecule has 0 N–H and O–H groups in total. The van der Waals surface area contributed by atoms with Gasteiger partial charge >= 0.3 is 0 Å². The molecule has 11 heavy (non-hydrogen) atoms. The zero-order chi connectivity index (χ0) is 8.43. The fourth-order valence-corrected chi connectivity index (χ4v) is 1.48. The summed E-state index contributed by atoms with van der Waals surface area (Å²) in [5, 5.41) is 0.802. The molecule has 0 spiro atoms. The number of rotatable bonds is 1. The largest absolute Gasteiger partial charge is 0.134 e. The average molecular weight is 229 g/mol. The van der Waals surface area contributed by atoms with E-state index in [2.05, 4.69) is 6.07 Å². The highest BCUT2D eigenvalue weighted by Crippen LogP contribution is 2.34. The summed E-state index contributed by atoms with van der Waals surface area (Å²) in [4.78, 5) is -0.679. The molecule has 0 aliphatic carbocycles. The first-order chi connectivity index (χ1) is 5.13. The lowest BCUT2D eigenvalue weighted by molar-refractivity contribution is 1.34. The Balaban J connectivity index is 3.17. The van der Waals surface area contributed by atoms with E-state index in [0.717, 1.165) is 0 Å². The molecule has 59 valence electrons. The van der Waals surface area contributed by atoms with Crippen molar-refractivity contribution in [3.05, 3.63) is 33.8 Å². The minimum atomic E-state index is -0.679. The number of hydrogen-bond donors (Lipinski definition) is 0. The second kappa shape index (κ2) is 3.86. The van der Waals surface area contributed by atoms with E-state index >= 15 is 0 Å². The number of hydrogen-bond acceptors (Lipinski definition) is 0. The summed E-state index contributed by atoms with van der Waals surface area (Å²) < 4.78 is 0. The third-order valence-electron chi connectivity index (χ3n) is 1.13. The van der Waals surface area contributed by atoms with Crippen molar-refractivity contribution in [2.75, 3.05) is 0 Å². The predicted octanol–water partition coefficient (Wildman–Crippen LogP) is 4.27. The molecule has 1 radical (unpaired) electrons. The lowest BCUT2D eigenvalue weighted by Gasteiger charge is -2.03. The maximum absolute atomic E-state index is 5.76.